The number of piperidine rings is 1. The largest absolute Gasteiger partial charge is 0.495 e. The Balaban J connectivity index is 1.34. The van der Waals surface area contributed by atoms with Crippen LogP contribution in [0.25, 0.3) is 0 Å². The van der Waals surface area contributed by atoms with E-state index in [0.29, 0.717) is 24.8 Å². The van der Waals surface area contributed by atoms with Crippen molar-refractivity contribution in [3.05, 3.63) is 47.3 Å². The van der Waals surface area contributed by atoms with Crippen molar-refractivity contribution >= 4 is 21.7 Å². The number of likely N-dealkylation sites (tertiary alicyclic amines) is 1. The number of carbonyl (C=O) groups is 1. The van der Waals surface area contributed by atoms with E-state index in [2.05, 4.69) is 25.2 Å². The summed E-state index contributed by atoms with van der Waals surface area (Å²) in [6.45, 7) is 9.33. The van der Waals surface area contributed by atoms with Crippen LogP contribution in [-0.4, -0.2) is 64.2 Å². The second-order valence-electron chi connectivity index (χ2n) is 9.15. The third kappa shape index (κ3) is 8.19. The number of hydrogen-bond donors (Lipinski definition) is 3. The molecule has 35 heavy (non-hydrogen) atoms. The summed E-state index contributed by atoms with van der Waals surface area (Å²) in [5.74, 6) is 0.836. The zero-order valence-electron chi connectivity index (χ0n) is 21.1. The lowest BCUT2D eigenvalue weighted by Crippen LogP contribution is -2.41. The average Bonchev–Trinajstić information content (AvgIpc) is 2.79. The first kappa shape index (κ1) is 26.9. The molecular weight excluding hydrogens is 466 g/mol. The molecule has 2 aromatic rings. The zero-order valence-corrected chi connectivity index (χ0v) is 21.9. The van der Waals surface area contributed by atoms with E-state index in [1.165, 1.54) is 7.11 Å². The minimum atomic E-state index is -3.61. The summed E-state index contributed by atoms with van der Waals surface area (Å²) in [6, 6.07) is 8.55. The number of carbonyl (C=O) groups excluding carboxylic acids is 1. The second kappa shape index (κ2) is 12.3. The Morgan fingerprint density at radius 3 is 2.43 bits per heavy atom. The molecule has 0 bridgehead atoms. The highest BCUT2D eigenvalue weighted by Gasteiger charge is 2.22. The number of methoxy groups -OCH3 is 1. The van der Waals surface area contributed by atoms with Gasteiger partial charge in [0.25, 0.3) is 0 Å². The van der Waals surface area contributed by atoms with Crippen LogP contribution in [0.15, 0.2) is 35.2 Å². The number of pyridine rings is 1. The minimum Gasteiger partial charge on any atom is -0.495 e. The number of aryl methyl sites for hydroxylation is 3. The third-order valence-electron chi connectivity index (χ3n) is 6.21. The molecule has 3 rings (SSSR count). The molecule has 0 spiro atoms. The Kier molecular flexibility index (Phi) is 9.47. The van der Waals surface area contributed by atoms with Crippen molar-refractivity contribution in [2.75, 3.05) is 45.2 Å². The van der Waals surface area contributed by atoms with E-state index in [1.54, 1.807) is 18.2 Å². The topological polar surface area (TPSA) is 113 Å². The van der Waals surface area contributed by atoms with Gasteiger partial charge in [0.1, 0.15) is 10.6 Å². The summed E-state index contributed by atoms with van der Waals surface area (Å²) < 4.78 is 33.4. The molecule has 3 N–H and O–H groups in total. The Labute approximate surface area is 208 Å². The fourth-order valence-corrected chi connectivity index (χ4v) is 5.58. The number of benzene rings is 1. The van der Waals surface area contributed by atoms with Crippen LogP contribution < -0.4 is 20.1 Å². The lowest BCUT2D eigenvalue weighted by Gasteiger charge is -2.32. The Hall–Kier alpha value is -2.69. The molecule has 0 unspecified atom stereocenters. The van der Waals surface area contributed by atoms with Gasteiger partial charge < -0.3 is 20.3 Å². The zero-order chi connectivity index (χ0) is 25.4. The van der Waals surface area contributed by atoms with Gasteiger partial charge in [-0.15, -0.1) is 0 Å². The summed E-state index contributed by atoms with van der Waals surface area (Å²) in [5, 5.41) is 5.76. The normalized spacial score (nSPS) is 15.1. The van der Waals surface area contributed by atoms with Gasteiger partial charge in [0.05, 0.1) is 7.11 Å². The molecule has 1 aliphatic heterocycles. The van der Waals surface area contributed by atoms with Crippen molar-refractivity contribution in [3.8, 4) is 5.75 Å². The van der Waals surface area contributed by atoms with Gasteiger partial charge in [-0.1, -0.05) is 6.07 Å². The number of nitrogens with zero attached hydrogens (tertiary/aromatic N) is 2. The van der Waals surface area contributed by atoms with Gasteiger partial charge in [0.2, 0.25) is 10.0 Å². The maximum Gasteiger partial charge on any atom is 0.319 e. The number of anilines is 1. The first-order chi connectivity index (χ1) is 16.7. The fraction of sp³-hybridized carbons (Fsp3) is 0.520. The number of ether oxygens (including phenoxy) is 1. The van der Waals surface area contributed by atoms with Crippen LogP contribution >= 0.6 is 0 Å². The van der Waals surface area contributed by atoms with Crippen molar-refractivity contribution in [2.24, 2.45) is 5.92 Å². The van der Waals surface area contributed by atoms with Crippen molar-refractivity contribution in [1.82, 2.24) is 19.9 Å². The van der Waals surface area contributed by atoms with Gasteiger partial charge in [0, 0.05) is 36.7 Å². The Bertz CT molecular complexity index is 1090. The minimum absolute atomic E-state index is 0.172. The quantitative estimate of drug-likeness (QED) is 0.459. The molecule has 0 atom stereocenters. The molecule has 2 heterocycles. The summed E-state index contributed by atoms with van der Waals surface area (Å²) in [5.41, 5.74) is 3.42. The smallest absolute Gasteiger partial charge is 0.319 e. The SMILES string of the molecule is COc1cc(C)ccc1S(=O)(=O)NCCC1CCN(CCNC(=O)Nc2cc(C)nc(C)c2)CC1. The summed E-state index contributed by atoms with van der Waals surface area (Å²) in [7, 11) is -2.14. The molecule has 10 heteroatoms. The number of sulfonamides is 1. The highest BCUT2D eigenvalue weighted by molar-refractivity contribution is 7.89. The first-order valence-electron chi connectivity index (χ1n) is 12.0. The maximum absolute atomic E-state index is 12.7. The first-order valence-corrected chi connectivity index (χ1v) is 13.5. The fourth-order valence-electron chi connectivity index (χ4n) is 4.38. The van der Waals surface area contributed by atoms with Gasteiger partial charge in [-0.25, -0.2) is 17.9 Å². The second-order valence-corrected chi connectivity index (χ2v) is 10.9. The number of urea groups is 1. The van der Waals surface area contributed by atoms with E-state index in [0.717, 1.165) is 61.5 Å². The van der Waals surface area contributed by atoms with Crippen LogP contribution in [-0.2, 0) is 10.0 Å². The number of rotatable bonds is 10. The van der Waals surface area contributed by atoms with Crippen LogP contribution in [0.1, 0.15) is 36.2 Å². The van der Waals surface area contributed by atoms with E-state index in [-0.39, 0.29) is 10.9 Å². The standard InChI is InChI=1S/C25H37N5O4S/c1-18-5-6-24(23(15-18)34-4)35(32,33)27-10-7-21-8-12-30(13-9-21)14-11-26-25(31)29-22-16-19(2)28-20(3)17-22/h5-6,15-17,21,27H,7-14H2,1-4H3,(H2,26,28,29,31). The summed E-state index contributed by atoms with van der Waals surface area (Å²) >= 11 is 0. The Morgan fingerprint density at radius 2 is 1.77 bits per heavy atom. The molecule has 1 fully saturated rings. The van der Waals surface area contributed by atoms with E-state index in [9.17, 15) is 13.2 Å². The molecule has 1 aromatic heterocycles. The monoisotopic (exact) mass is 503 g/mol. The van der Waals surface area contributed by atoms with Crippen LogP contribution in [0.2, 0.25) is 0 Å². The number of amides is 2. The highest BCUT2D eigenvalue weighted by Crippen LogP contribution is 2.25. The van der Waals surface area contributed by atoms with Crippen LogP contribution in [0.5, 0.6) is 5.75 Å². The Morgan fingerprint density at radius 1 is 1.09 bits per heavy atom. The molecule has 0 aliphatic carbocycles. The van der Waals surface area contributed by atoms with Crippen molar-refractivity contribution in [2.45, 2.75) is 44.9 Å². The number of hydrogen-bond acceptors (Lipinski definition) is 6. The maximum atomic E-state index is 12.7. The van der Waals surface area contributed by atoms with E-state index < -0.39 is 10.0 Å². The molecule has 1 saturated heterocycles. The van der Waals surface area contributed by atoms with E-state index >= 15 is 0 Å². The van der Waals surface area contributed by atoms with Crippen molar-refractivity contribution < 1.29 is 17.9 Å². The van der Waals surface area contributed by atoms with Crippen molar-refractivity contribution in [3.63, 3.8) is 0 Å². The molecule has 0 radical (unpaired) electrons. The molecule has 192 valence electrons. The molecule has 2 amide bonds. The molecule has 1 aliphatic rings. The highest BCUT2D eigenvalue weighted by atomic mass is 32.2. The van der Waals surface area contributed by atoms with Gasteiger partial charge in [0.15, 0.2) is 0 Å². The van der Waals surface area contributed by atoms with Gasteiger partial charge in [-0.05, 0) is 88.9 Å². The van der Waals surface area contributed by atoms with E-state index in [1.807, 2.05) is 32.9 Å². The lowest BCUT2D eigenvalue weighted by molar-refractivity contribution is 0.180. The predicted molar refractivity (Wildman–Crippen MR) is 137 cm³/mol. The van der Waals surface area contributed by atoms with Crippen LogP contribution in [0, 0.1) is 26.7 Å². The van der Waals surface area contributed by atoms with E-state index in [4.69, 9.17) is 4.74 Å². The summed E-state index contributed by atoms with van der Waals surface area (Å²) in [4.78, 5) is 19.0. The molecular formula is C25H37N5O4S. The van der Waals surface area contributed by atoms with Gasteiger partial charge in [-0.2, -0.15) is 0 Å². The molecule has 0 saturated carbocycles. The van der Waals surface area contributed by atoms with Crippen LogP contribution in [0.4, 0.5) is 10.5 Å². The molecule has 1 aromatic carbocycles. The molecule has 9 nitrogen and oxygen atoms in total. The summed E-state index contributed by atoms with van der Waals surface area (Å²) in [6.07, 6.45) is 2.82. The number of aromatic nitrogens is 1. The average molecular weight is 504 g/mol. The third-order valence-corrected chi connectivity index (χ3v) is 7.71. The van der Waals surface area contributed by atoms with Crippen LogP contribution in [0.3, 0.4) is 0 Å². The number of nitrogens with one attached hydrogen (secondary N) is 3. The van der Waals surface area contributed by atoms with Gasteiger partial charge in [-0.3, -0.25) is 4.98 Å². The predicted octanol–water partition coefficient (Wildman–Crippen LogP) is 3.22. The van der Waals surface area contributed by atoms with Crippen molar-refractivity contribution in [1.29, 1.82) is 0 Å². The van der Waals surface area contributed by atoms with Gasteiger partial charge >= 0.3 is 6.03 Å². The lowest BCUT2D eigenvalue weighted by atomic mass is 9.94.